The number of hydrogen-bond donors (Lipinski definition) is 0. The van der Waals surface area contributed by atoms with E-state index < -0.39 is 59.2 Å². The molecule has 1 fully saturated rings. The summed E-state index contributed by atoms with van der Waals surface area (Å²) in [4.78, 5) is 0. The van der Waals surface area contributed by atoms with E-state index in [4.69, 9.17) is 4.52 Å². The zero-order chi connectivity index (χ0) is 27.7. The molecule has 3 rings (SSSR count). The van der Waals surface area contributed by atoms with Crippen molar-refractivity contribution in [3.05, 3.63) is 60.7 Å². The number of benzene rings is 2. The fourth-order valence-corrected chi connectivity index (χ4v) is 11.1. The van der Waals surface area contributed by atoms with Gasteiger partial charge in [0.1, 0.15) is 0 Å². The summed E-state index contributed by atoms with van der Waals surface area (Å²) in [6, 6.07) is 9.64. The van der Waals surface area contributed by atoms with E-state index in [9.17, 15) is 52.7 Å². The first-order chi connectivity index (χ1) is 16.1. The van der Waals surface area contributed by atoms with Crippen molar-refractivity contribution in [1.82, 2.24) is 0 Å². The van der Waals surface area contributed by atoms with Gasteiger partial charge < -0.3 is 0 Å². The molecule has 0 aliphatic carbocycles. The first-order valence-corrected chi connectivity index (χ1v) is 12.0. The summed E-state index contributed by atoms with van der Waals surface area (Å²) in [6.07, 6.45) is -30.0. The fraction of sp³-hybridized carbons (Fsp3) is 0.429. The molecule has 36 heavy (non-hydrogen) atoms. The van der Waals surface area contributed by atoms with Crippen LogP contribution in [0.3, 0.4) is 0 Å². The van der Waals surface area contributed by atoms with Gasteiger partial charge >= 0.3 is 195 Å². The number of rotatable bonds is 4. The molecule has 2 nitrogen and oxygen atoms in total. The monoisotopic (exact) mass is 560 g/mol. The molecule has 0 atom stereocenters. The standard InChI is InChI=1S/C21H17F12O2P/c1-16(2)19(20(28,29)30,21(31,32)33)35-36(16,13-9-5-3-6-10-13,14-11-7-4-8-12-14)34-15(17(22,23)24)18(25,26)27/h3-12,15H,1-2H3. The molecule has 202 valence electrons. The Kier molecular flexibility index (Phi) is 6.32. The molecule has 0 radical (unpaired) electrons. The molecule has 0 amide bonds. The second-order valence-corrected chi connectivity index (χ2v) is 13.0. The Balaban J connectivity index is 2.58. The quantitative estimate of drug-likeness (QED) is 0.291. The van der Waals surface area contributed by atoms with Crippen LogP contribution in [0.15, 0.2) is 60.7 Å². The minimum absolute atomic E-state index is 0.263. The SMILES string of the molecule is CC1(C)C(C(F)(F)F)(C(F)(F)F)OP1(OC(C(F)(F)F)C(F)(F)F)(c1ccccc1)c1ccccc1. The van der Waals surface area contributed by atoms with Gasteiger partial charge in [-0.05, 0) is 0 Å². The van der Waals surface area contributed by atoms with Crippen LogP contribution in [0.2, 0.25) is 0 Å². The van der Waals surface area contributed by atoms with Crippen molar-refractivity contribution in [2.24, 2.45) is 0 Å². The summed E-state index contributed by atoms with van der Waals surface area (Å²) in [5.41, 5.74) is -5.17. The molecule has 0 N–H and O–H groups in total. The molecule has 0 aromatic heterocycles. The first-order valence-electron chi connectivity index (χ1n) is 9.89. The Morgan fingerprint density at radius 1 is 0.639 bits per heavy atom. The van der Waals surface area contributed by atoms with Crippen LogP contribution in [-0.4, -0.2) is 41.6 Å². The van der Waals surface area contributed by atoms with Gasteiger partial charge in [0.15, 0.2) is 0 Å². The van der Waals surface area contributed by atoms with Gasteiger partial charge in [0.25, 0.3) is 0 Å². The van der Waals surface area contributed by atoms with E-state index in [0.717, 1.165) is 48.5 Å². The van der Waals surface area contributed by atoms with Gasteiger partial charge in [0.2, 0.25) is 0 Å². The Morgan fingerprint density at radius 2 is 0.972 bits per heavy atom. The Hall–Kier alpha value is -2.05. The molecule has 1 heterocycles. The van der Waals surface area contributed by atoms with Crippen LogP contribution in [-0.2, 0) is 9.05 Å². The Morgan fingerprint density at radius 3 is 1.22 bits per heavy atom. The van der Waals surface area contributed by atoms with Gasteiger partial charge in [-0.15, -0.1) is 0 Å². The number of hydrogen-bond acceptors (Lipinski definition) is 2. The fourth-order valence-electron chi connectivity index (χ4n) is 4.77. The van der Waals surface area contributed by atoms with Crippen LogP contribution < -0.4 is 10.6 Å². The van der Waals surface area contributed by atoms with Crippen molar-refractivity contribution in [2.45, 2.75) is 55.4 Å². The van der Waals surface area contributed by atoms with Gasteiger partial charge in [-0.2, -0.15) is 0 Å². The van der Waals surface area contributed by atoms with Crippen LogP contribution in [0.25, 0.3) is 0 Å². The summed E-state index contributed by atoms with van der Waals surface area (Å²) in [5, 5.41) is -5.21. The van der Waals surface area contributed by atoms with Crippen molar-refractivity contribution in [2.75, 3.05) is 0 Å². The van der Waals surface area contributed by atoms with Crippen molar-refractivity contribution in [1.29, 1.82) is 0 Å². The third-order valence-electron chi connectivity index (χ3n) is 6.34. The van der Waals surface area contributed by atoms with E-state index >= 15 is 0 Å². The minimum atomic E-state index is -6.62. The van der Waals surface area contributed by atoms with Gasteiger partial charge in [0.05, 0.1) is 0 Å². The molecular formula is C21H17F12O2P. The van der Waals surface area contributed by atoms with Crippen LogP contribution in [0.5, 0.6) is 0 Å². The van der Waals surface area contributed by atoms with E-state index in [2.05, 4.69) is 4.52 Å². The molecule has 0 bridgehead atoms. The van der Waals surface area contributed by atoms with Crippen LogP contribution in [0.1, 0.15) is 13.8 Å². The predicted molar refractivity (Wildman–Crippen MR) is 106 cm³/mol. The molecule has 1 aliphatic heterocycles. The van der Waals surface area contributed by atoms with Gasteiger partial charge in [-0.25, -0.2) is 0 Å². The summed E-state index contributed by atoms with van der Waals surface area (Å²) in [7, 11) is -6.62. The third-order valence-corrected chi connectivity index (χ3v) is 12.4. The Bertz CT molecular complexity index is 1010. The van der Waals surface area contributed by atoms with E-state index in [1.54, 1.807) is 0 Å². The molecule has 0 unspecified atom stereocenters. The summed E-state index contributed by atoms with van der Waals surface area (Å²) in [5.74, 6) is 0. The molecular weight excluding hydrogens is 543 g/mol. The normalized spacial score (nSPS) is 22.4. The average molecular weight is 560 g/mol. The molecule has 0 spiro atoms. The molecule has 2 aromatic carbocycles. The van der Waals surface area contributed by atoms with E-state index in [-0.39, 0.29) is 13.8 Å². The van der Waals surface area contributed by atoms with Crippen molar-refractivity contribution >= 4 is 17.7 Å². The van der Waals surface area contributed by atoms with Crippen LogP contribution in [0, 0.1) is 0 Å². The maximum atomic E-state index is 14.2. The van der Waals surface area contributed by atoms with Gasteiger partial charge in [0, 0.05) is 0 Å². The van der Waals surface area contributed by atoms with E-state index in [1.807, 2.05) is 0 Å². The van der Waals surface area contributed by atoms with E-state index in [1.165, 1.54) is 12.1 Å². The van der Waals surface area contributed by atoms with Crippen molar-refractivity contribution < 1.29 is 61.7 Å². The Labute approximate surface area is 196 Å². The molecule has 1 saturated heterocycles. The zero-order valence-electron chi connectivity index (χ0n) is 18.2. The summed E-state index contributed by atoms with van der Waals surface area (Å²) in [6.45, 7) is 0.526. The predicted octanol–water partition coefficient (Wildman–Crippen LogP) is 7.20. The molecule has 2 aromatic rings. The van der Waals surface area contributed by atoms with Gasteiger partial charge in [-0.1, -0.05) is 0 Å². The third kappa shape index (κ3) is 3.47. The van der Waals surface area contributed by atoms with Crippen molar-refractivity contribution in [3.63, 3.8) is 0 Å². The maximum absolute atomic E-state index is 14.2. The second kappa shape index (κ2) is 7.97. The number of alkyl halides is 12. The number of halogens is 12. The summed E-state index contributed by atoms with van der Waals surface area (Å²) < 4.78 is 177. The van der Waals surface area contributed by atoms with Crippen molar-refractivity contribution in [3.8, 4) is 0 Å². The summed E-state index contributed by atoms with van der Waals surface area (Å²) >= 11 is 0. The average Bonchev–Trinajstić information content (AvgIpc) is 2.71. The molecule has 15 heteroatoms. The second-order valence-electron chi connectivity index (χ2n) is 8.52. The van der Waals surface area contributed by atoms with Crippen LogP contribution in [0.4, 0.5) is 52.7 Å². The molecule has 1 aliphatic rings. The van der Waals surface area contributed by atoms with Gasteiger partial charge in [-0.3, -0.25) is 0 Å². The first kappa shape index (κ1) is 28.5. The van der Waals surface area contributed by atoms with Crippen LogP contribution >= 0.6 is 7.06 Å². The van der Waals surface area contributed by atoms with E-state index in [0.29, 0.717) is 0 Å². The molecule has 0 saturated carbocycles. The topological polar surface area (TPSA) is 18.5 Å². The zero-order valence-corrected chi connectivity index (χ0v) is 19.0.